The summed E-state index contributed by atoms with van der Waals surface area (Å²) in [5.74, 6) is 1.35. The molecule has 3 rings (SSSR count). The van der Waals surface area contributed by atoms with E-state index in [1.807, 2.05) is 29.1 Å². The van der Waals surface area contributed by atoms with Crippen molar-refractivity contribution in [2.24, 2.45) is 5.92 Å². The van der Waals surface area contributed by atoms with Crippen LogP contribution >= 0.6 is 0 Å². The van der Waals surface area contributed by atoms with Crippen molar-refractivity contribution in [3.63, 3.8) is 0 Å². The van der Waals surface area contributed by atoms with Crippen LogP contribution in [0.2, 0.25) is 0 Å². The maximum atomic E-state index is 12.0. The second kappa shape index (κ2) is 7.87. The fourth-order valence-electron chi connectivity index (χ4n) is 2.90. The second-order valence-corrected chi connectivity index (χ2v) is 6.03. The SMILES string of the molecule is O=C(CCC1CCNCC1)Nc1ccn(Cc2ccncc2)n1. The molecule has 0 radical (unpaired) electrons. The number of nitrogens with zero attached hydrogens (tertiary/aromatic N) is 3. The van der Waals surface area contributed by atoms with Crippen molar-refractivity contribution >= 4 is 11.7 Å². The molecule has 6 heteroatoms. The van der Waals surface area contributed by atoms with Crippen LogP contribution in [0.15, 0.2) is 36.8 Å². The summed E-state index contributed by atoms with van der Waals surface area (Å²) in [5.41, 5.74) is 1.13. The molecule has 3 heterocycles. The summed E-state index contributed by atoms with van der Waals surface area (Å²) in [4.78, 5) is 16.0. The Balaban J connectivity index is 1.45. The largest absolute Gasteiger partial charge is 0.317 e. The predicted molar refractivity (Wildman–Crippen MR) is 89.0 cm³/mol. The molecule has 2 N–H and O–H groups in total. The highest BCUT2D eigenvalue weighted by Gasteiger charge is 2.14. The van der Waals surface area contributed by atoms with Gasteiger partial charge in [0.05, 0.1) is 6.54 Å². The third kappa shape index (κ3) is 4.89. The molecule has 2 aromatic rings. The molecule has 0 bridgehead atoms. The van der Waals surface area contributed by atoms with Gasteiger partial charge in [-0.15, -0.1) is 0 Å². The van der Waals surface area contributed by atoms with Crippen molar-refractivity contribution < 1.29 is 4.79 Å². The standard InChI is InChI=1S/C17H23N5O/c23-17(2-1-14-3-8-18-9-4-14)20-16-7-12-22(21-16)13-15-5-10-19-11-6-15/h5-7,10-12,14,18H,1-4,8-9,13H2,(H,20,21,23). The van der Waals surface area contributed by atoms with Crippen LogP contribution in [0.25, 0.3) is 0 Å². The zero-order chi connectivity index (χ0) is 15.9. The molecule has 23 heavy (non-hydrogen) atoms. The molecule has 1 aliphatic rings. The van der Waals surface area contributed by atoms with E-state index in [9.17, 15) is 4.79 Å². The van der Waals surface area contributed by atoms with Crippen molar-refractivity contribution in [3.8, 4) is 0 Å². The van der Waals surface area contributed by atoms with Crippen LogP contribution in [0.4, 0.5) is 5.82 Å². The maximum Gasteiger partial charge on any atom is 0.225 e. The molecule has 6 nitrogen and oxygen atoms in total. The Bertz CT molecular complexity index is 619. The molecule has 122 valence electrons. The summed E-state index contributed by atoms with van der Waals surface area (Å²) in [6.45, 7) is 2.82. The molecule has 0 aromatic carbocycles. The summed E-state index contributed by atoms with van der Waals surface area (Å²) in [6, 6.07) is 5.75. The van der Waals surface area contributed by atoms with Crippen molar-refractivity contribution in [3.05, 3.63) is 42.4 Å². The number of piperidine rings is 1. The van der Waals surface area contributed by atoms with Crippen LogP contribution in [0.1, 0.15) is 31.2 Å². The first kappa shape index (κ1) is 15.7. The van der Waals surface area contributed by atoms with Crippen LogP contribution in [-0.4, -0.2) is 33.8 Å². The third-order valence-electron chi connectivity index (χ3n) is 4.24. The Labute approximate surface area is 136 Å². The predicted octanol–water partition coefficient (Wildman–Crippen LogP) is 2.04. The van der Waals surface area contributed by atoms with Gasteiger partial charge < -0.3 is 10.6 Å². The lowest BCUT2D eigenvalue weighted by Crippen LogP contribution is -2.28. The highest BCUT2D eigenvalue weighted by molar-refractivity contribution is 5.89. The Hall–Kier alpha value is -2.21. The average molecular weight is 313 g/mol. The van der Waals surface area contributed by atoms with E-state index in [1.165, 1.54) is 12.8 Å². The zero-order valence-corrected chi connectivity index (χ0v) is 13.2. The van der Waals surface area contributed by atoms with E-state index >= 15 is 0 Å². The Morgan fingerprint density at radius 2 is 2.04 bits per heavy atom. The summed E-state index contributed by atoms with van der Waals surface area (Å²) in [6.07, 6.45) is 9.29. The first-order valence-corrected chi connectivity index (χ1v) is 8.22. The van der Waals surface area contributed by atoms with Gasteiger partial charge in [0.25, 0.3) is 0 Å². The van der Waals surface area contributed by atoms with E-state index in [2.05, 4.69) is 20.7 Å². The summed E-state index contributed by atoms with van der Waals surface area (Å²) >= 11 is 0. The molecular formula is C17H23N5O. The number of hydrogen-bond acceptors (Lipinski definition) is 4. The van der Waals surface area contributed by atoms with E-state index in [4.69, 9.17) is 0 Å². The van der Waals surface area contributed by atoms with Gasteiger partial charge in [-0.1, -0.05) is 0 Å². The summed E-state index contributed by atoms with van der Waals surface area (Å²) in [5, 5.41) is 10.6. The van der Waals surface area contributed by atoms with E-state index < -0.39 is 0 Å². The van der Waals surface area contributed by atoms with Crippen molar-refractivity contribution in [1.82, 2.24) is 20.1 Å². The average Bonchev–Trinajstić information content (AvgIpc) is 3.02. The monoisotopic (exact) mass is 313 g/mol. The molecule has 2 aromatic heterocycles. The Kier molecular flexibility index (Phi) is 5.37. The molecule has 0 saturated carbocycles. The molecule has 1 fully saturated rings. The number of rotatable bonds is 6. The number of nitrogens with one attached hydrogen (secondary N) is 2. The van der Waals surface area contributed by atoms with E-state index in [0.717, 1.165) is 25.1 Å². The van der Waals surface area contributed by atoms with E-state index in [1.54, 1.807) is 12.4 Å². The molecule has 0 aliphatic carbocycles. The molecule has 0 atom stereocenters. The first-order chi connectivity index (χ1) is 11.3. The highest BCUT2D eigenvalue weighted by Crippen LogP contribution is 2.18. The van der Waals surface area contributed by atoms with Gasteiger partial charge in [0.15, 0.2) is 5.82 Å². The van der Waals surface area contributed by atoms with Crippen molar-refractivity contribution in [1.29, 1.82) is 0 Å². The Morgan fingerprint density at radius 1 is 1.26 bits per heavy atom. The molecular weight excluding hydrogens is 290 g/mol. The van der Waals surface area contributed by atoms with Crippen LogP contribution in [0, 0.1) is 5.92 Å². The number of aromatic nitrogens is 3. The number of carbonyl (C=O) groups is 1. The highest BCUT2D eigenvalue weighted by atomic mass is 16.1. The van der Waals surface area contributed by atoms with Gasteiger partial charge in [-0.25, -0.2) is 0 Å². The normalized spacial score (nSPS) is 15.5. The van der Waals surface area contributed by atoms with E-state index in [-0.39, 0.29) is 5.91 Å². The summed E-state index contributed by atoms with van der Waals surface area (Å²) in [7, 11) is 0. The number of hydrogen-bond donors (Lipinski definition) is 2. The minimum atomic E-state index is 0.0534. The maximum absolute atomic E-state index is 12.0. The number of amides is 1. The lowest BCUT2D eigenvalue weighted by Gasteiger charge is -2.21. The number of carbonyl (C=O) groups excluding carboxylic acids is 1. The van der Waals surface area contributed by atoms with Crippen LogP contribution < -0.4 is 10.6 Å². The first-order valence-electron chi connectivity index (χ1n) is 8.22. The second-order valence-electron chi connectivity index (χ2n) is 6.03. The molecule has 1 aliphatic heterocycles. The molecule has 1 saturated heterocycles. The topological polar surface area (TPSA) is 71.8 Å². The lowest BCUT2D eigenvalue weighted by atomic mass is 9.93. The van der Waals surface area contributed by atoms with Crippen molar-refractivity contribution in [2.45, 2.75) is 32.2 Å². The quantitative estimate of drug-likeness (QED) is 0.856. The number of anilines is 1. The van der Waals surface area contributed by atoms with Gasteiger partial charge in [0, 0.05) is 31.1 Å². The van der Waals surface area contributed by atoms with Gasteiger partial charge in [0.1, 0.15) is 0 Å². The van der Waals surface area contributed by atoms with Gasteiger partial charge >= 0.3 is 0 Å². The minimum absolute atomic E-state index is 0.0534. The minimum Gasteiger partial charge on any atom is -0.317 e. The van der Waals surface area contributed by atoms with E-state index in [0.29, 0.717) is 24.7 Å². The fraction of sp³-hybridized carbons (Fsp3) is 0.471. The molecule has 0 unspecified atom stereocenters. The lowest BCUT2D eigenvalue weighted by molar-refractivity contribution is -0.116. The van der Waals surface area contributed by atoms with Gasteiger partial charge in [-0.3, -0.25) is 14.5 Å². The van der Waals surface area contributed by atoms with Crippen molar-refractivity contribution in [2.75, 3.05) is 18.4 Å². The molecule has 1 amide bonds. The Morgan fingerprint density at radius 3 is 2.83 bits per heavy atom. The molecule has 0 spiro atoms. The zero-order valence-electron chi connectivity index (χ0n) is 13.2. The van der Waals surface area contributed by atoms with Gasteiger partial charge in [0.2, 0.25) is 5.91 Å². The summed E-state index contributed by atoms with van der Waals surface area (Å²) < 4.78 is 1.82. The van der Waals surface area contributed by atoms with Gasteiger partial charge in [-0.05, 0) is 56.0 Å². The number of pyridine rings is 1. The fourth-order valence-corrected chi connectivity index (χ4v) is 2.90. The van der Waals surface area contributed by atoms with Crippen LogP contribution in [0.3, 0.4) is 0 Å². The van der Waals surface area contributed by atoms with Gasteiger partial charge in [-0.2, -0.15) is 5.10 Å². The van der Waals surface area contributed by atoms with Crippen LogP contribution in [0.5, 0.6) is 0 Å². The smallest absolute Gasteiger partial charge is 0.225 e. The third-order valence-corrected chi connectivity index (χ3v) is 4.24. The van der Waals surface area contributed by atoms with Crippen LogP contribution in [-0.2, 0) is 11.3 Å².